The number of methoxy groups -OCH3 is 2. The summed E-state index contributed by atoms with van der Waals surface area (Å²) in [6.07, 6.45) is -1.99. The zero-order valence-electron chi connectivity index (χ0n) is 33.5. The Balaban J connectivity index is 0.000000839. The number of aryl methyl sites for hydroxylation is 1. The molecule has 1 aliphatic heterocycles. The molecule has 0 amide bonds. The Morgan fingerprint density at radius 1 is 0.828 bits per heavy atom. The molecule has 58 heavy (non-hydrogen) atoms. The second-order valence-corrected chi connectivity index (χ2v) is 15.3. The second-order valence-electron chi connectivity index (χ2n) is 13.6. The first-order chi connectivity index (χ1) is 27.9. The molecule has 1 aliphatic rings. The molecule has 5 aromatic rings. The summed E-state index contributed by atoms with van der Waals surface area (Å²) in [4.78, 5) is 42.3. The Kier molecular flexibility index (Phi) is 15.5. The Hall–Kier alpha value is -4.72. The van der Waals surface area contributed by atoms with Gasteiger partial charge in [0, 0.05) is 23.2 Å². The summed E-state index contributed by atoms with van der Waals surface area (Å²) in [6.45, 7) is 11.8. The van der Waals surface area contributed by atoms with E-state index in [1.807, 2.05) is 78.9 Å². The number of nitrogens with one attached hydrogen (secondary N) is 2. The minimum Gasteiger partial charge on any atom is -0.746 e. The van der Waals surface area contributed by atoms with Gasteiger partial charge in [0.1, 0.15) is 35.2 Å². The van der Waals surface area contributed by atoms with Gasteiger partial charge in [0.05, 0.1) is 46.6 Å². The molecule has 6 rings (SSSR count). The van der Waals surface area contributed by atoms with E-state index in [0.29, 0.717) is 16.5 Å². The van der Waals surface area contributed by atoms with Crippen LogP contribution in [0.25, 0.3) is 0 Å². The molecule has 310 valence electrons. The van der Waals surface area contributed by atoms with Crippen molar-refractivity contribution in [2.75, 3.05) is 40.5 Å². The lowest BCUT2D eigenvalue weighted by molar-refractivity contribution is -0.894. The predicted octanol–water partition coefficient (Wildman–Crippen LogP) is 5.68. The van der Waals surface area contributed by atoms with Crippen molar-refractivity contribution in [3.8, 4) is 17.2 Å². The molecule has 1 fully saturated rings. The molecule has 4 aromatic carbocycles. The highest BCUT2D eigenvalue weighted by atomic mass is 35.5. The normalized spacial score (nSPS) is 17.6. The quantitative estimate of drug-likeness (QED) is 0.0939. The SMILES string of the molecule is CC[NH+](CC)CC.COc1ccc(C(OC[C@H]2O[C@@H](n3cc(C)c(=O)[nH]c3=O)C[C@@H]2OP(=O)([O-])Oc2ccc(Cl)cc2)(c2ccccc2)c2ccc(OC)cc2)cc1. The van der Waals surface area contributed by atoms with Crippen molar-refractivity contribution in [1.82, 2.24) is 9.55 Å². The van der Waals surface area contributed by atoms with E-state index < -0.39 is 43.1 Å². The number of rotatable bonds is 16. The monoisotopic (exact) mass is 835 g/mol. The maximum absolute atomic E-state index is 13.3. The molecule has 2 heterocycles. The second kappa shape index (κ2) is 20.3. The molecule has 4 atom stereocenters. The van der Waals surface area contributed by atoms with Crippen LogP contribution in [0.4, 0.5) is 0 Å². The van der Waals surface area contributed by atoms with Gasteiger partial charge in [-0.3, -0.25) is 18.9 Å². The number of phosphoric acid groups is 1. The van der Waals surface area contributed by atoms with Gasteiger partial charge in [-0.05, 0) is 92.9 Å². The van der Waals surface area contributed by atoms with Crippen molar-refractivity contribution >= 4 is 19.4 Å². The number of aromatic nitrogens is 2. The number of H-pyrrole nitrogens is 1. The van der Waals surface area contributed by atoms with Crippen LogP contribution in [0.5, 0.6) is 17.2 Å². The first kappa shape index (κ1) is 44.4. The minimum absolute atomic E-state index is 0.00409. The molecule has 0 radical (unpaired) electrons. The summed E-state index contributed by atoms with van der Waals surface area (Å²) in [5.74, 6) is 1.27. The van der Waals surface area contributed by atoms with Crippen molar-refractivity contribution in [2.45, 2.75) is 58.2 Å². The zero-order chi connectivity index (χ0) is 41.9. The van der Waals surface area contributed by atoms with E-state index in [4.69, 9.17) is 39.6 Å². The van der Waals surface area contributed by atoms with E-state index in [-0.39, 0.29) is 24.3 Å². The number of halogens is 1. The fourth-order valence-corrected chi connectivity index (χ4v) is 7.88. The van der Waals surface area contributed by atoms with E-state index in [2.05, 4.69) is 25.8 Å². The van der Waals surface area contributed by atoms with E-state index in [1.54, 1.807) is 26.0 Å². The van der Waals surface area contributed by atoms with Gasteiger partial charge in [-0.25, -0.2) is 4.79 Å². The predicted molar refractivity (Wildman–Crippen MR) is 220 cm³/mol. The first-order valence-corrected chi connectivity index (χ1v) is 20.9. The van der Waals surface area contributed by atoms with Gasteiger partial charge in [0.15, 0.2) is 0 Å². The van der Waals surface area contributed by atoms with Gasteiger partial charge in [0.25, 0.3) is 5.56 Å². The van der Waals surface area contributed by atoms with Crippen LogP contribution in [0, 0.1) is 6.92 Å². The maximum Gasteiger partial charge on any atom is 0.330 e. The average Bonchev–Trinajstić information content (AvgIpc) is 3.63. The molecule has 1 unspecified atom stereocenters. The fourth-order valence-electron chi connectivity index (χ4n) is 6.78. The van der Waals surface area contributed by atoms with Crippen molar-refractivity contribution < 1.29 is 42.4 Å². The van der Waals surface area contributed by atoms with Gasteiger partial charge < -0.3 is 37.8 Å². The molecule has 13 nitrogen and oxygen atoms in total. The Bertz CT molecular complexity index is 2160. The third-order valence-electron chi connectivity index (χ3n) is 10.1. The molecule has 2 N–H and O–H groups in total. The number of hydrogen-bond donors (Lipinski definition) is 2. The topological polar surface area (TPSA) is 155 Å². The van der Waals surface area contributed by atoms with Gasteiger partial charge in [-0.1, -0.05) is 66.2 Å². The highest BCUT2D eigenvalue weighted by molar-refractivity contribution is 7.46. The average molecular weight is 836 g/mol. The highest BCUT2D eigenvalue weighted by Crippen LogP contribution is 2.47. The van der Waals surface area contributed by atoms with Crippen molar-refractivity contribution in [3.63, 3.8) is 0 Å². The van der Waals surface area contributed by atoms with Gasteiger partial charge >= 0.3 is 13.5 Å². The van der Waals surface area contributed by atoms with Crippen molar-refractivity contribution in [3.05, 3.63) is 157 Å². The third-order valence-corrected chi connectivity index (χ3v) is 11.3. The lowest BCUT2D eigenvalue weighted by Gasteiger charge is -2.37. The zero-order valence-corrected chi connectivity index (χ0v) is 35.2. The highest BCUT2D eigenvalue weighted by Gasteiger charge is 2.44. The summed E-state index contributed by atoms with van der Waals surface area (Å²) in [5.41, 5.74) is -0.0429. The van der Waals surface area contributed by atoms with Crippen LogP contribution in [-0.2, 0) is 24.2 Å². The first-order valence-electron chi connectivity index (χ1n) is 19.1. The number of ether oxygens (including phenoxy) is 4. The number of phosphoric ester groups is 1. The number of nitrogens with zero attached hydrogens (tertiary/aromatic N) is 1. The molecular weight excluding hydrogens is 785 g/mol. The van der Waals surface area contributed by atoms with E-state index in [9.17, 15) is 19.0 Å². The molecule has 0 aliphatic carbocycles. The smallest absolute Gasteiger partial charge is 0.330 e. The van der Waals surface area contributed by atoms with Crippen LogP contribution in [-0.4, -0.2) is 62.2 Å². The summed E-state index contributed by atoms with van der Waals surface area (Å²) < 4.78 is 49.6. The van der Waals surface area contributed by atoms with Gasteiger partial charge in [-0.15, -0.1) is 0 Å². The van der Waals surface area contributed by atoms with Gasteiger partial charge in [-0.2, -0.15) is 0 Å². The largest absolute Gasteiger partial charge is 0.746 e. The van der Waals surface area contributed by atoms with Crippen LogP contribution in [0.15, 0.2) is 119 Å². The minimum atomic E-state index is -5.02. The molecular formula is C43H51ClN3O10P. The Labute approximate surface area is 343 Å². The van der Waals surface area contributed by atoms with Crippen LogP contribution in [0.3, 0.4) is 0 Å². The standard InChI is InChI=1S/C37H36ClN2O10P.C6H15N/c1-24-22-40(36(42)39-35(24)41)34-21-32(50-51(43,44)49-31-19-13-28(38)14-20-31)33(48-34)23-47-37(25-7-5-4-6-8-25,26-9-15-29(45-2)16-10-26)27-11-17-30(46-3)18-12-27;1-4-7(5-2)6-3/h4-20,22,32-34H,21,23H2,1-3H3,(H,43,44)(H,39,41,42);4-6H2,1-3H3/t32-,33+,34+;/m0./s1. The lowest BCUT2D eigenvalue weighted by Crippen LogP contribution is -3.11. The molecule has 15 heteroatoms. The Morgan fingerprint density at radius 2 is 1.34 bits per heavy atom. The molecule has 1 saturated heterocycles. The van der Waals surface area contributed by atoms with E-state index >= 15 is 0 Å². The van der Waals surface area contributed by atoms with Crippen LogP contribution < -0.4 is 35.0 Å². The molecule has 0 saturated carbocycles. The Morgan fingerprint density at radius 3 is 1.84 bits per heavy atom. The number of hydrogen-bond acceptors (Lipinski definition) is 10. The van der Waals surface area contributed by atoms with E-state index in [1.165, 1.54) is 54.7 Å². The third kappa shape index (κ3) is 10.9. The fraction of sp³-hybridized carbons (Fsp3) is 0.349. The van der Waals surface area contributed by atoms with Gasteiger partial charge in [0.2, 0.25) is 0 Å². The number of aromatic amines is 1. The molecule has 1 aromatic heterocycles. The van der Waals surface area contributed by atoms with Crippen LogP contribution in [0.2, 0.25) is 5.02 Å². The number of benzene rings is 4. The molecule has 0 bridgehead atoms. The summed E-state index contributed by atoms with van der Waals surface area (Å²) >= 11 is 5.96. The number of quaternary nitrogens is 1. The van der Waals surface area contributed by atoms with Crippen molar-refractivity contribution in [1.29, 1.82) is 0 Å². The summed E-state index contributed by atoms with van der Waals surface area (Å²) in [7, 11) is -1.87. The molecule has 0 spiro atoms. The van der Waals surface area contributed by atoms with Crippen molar-refractivity contribution in [2.24, 2.45) is 0 Å². The van der Waals surface area contributed by atoms with E-state index in [0.717, 1.165) is 16.7 Å². The maximum atomic E-state index is 13.3. The lowest BCUT2D eigenvalue weighted by atomic mass is 9.80. The van der Waals surface area contributed by atoms with Crippen LogP contribution >= 0.6 is 19.4 Å². The summed E-state index contributed by atoms with van der Waals surface area (Å²) in [6, 6.07) is 30.1. The summed E-state index contributed by atoms with van der Waals surface area (Å²) in [5, 5.41) is 0.394. The van der Waals surface area contributed by atoms with Crippen LogP contribution in [0.1, 0.15) is 55.7 Å².